The first-order valence-corrected chi connectivity index (χ1v) is 13.4. The minimum atomic E-state index is -0.845. The highest BCUT2D eigenvalue weighted by Gasteiger charge is 2.35. The normalized spacial score (nSPS) is 16.6. The van der Waals surface area contributed by atoms with Gasteiger partial charge in [0.25, 0.3) is 5.91 Å². The molecule has 0 aromatic heterocycles. The summed E-state index contributed by atoms with van der Waals surface area (Å²) >= 11 is 12.6. The summed E-state index contributed by atoms with van der Waals surface area (Å²) in [5.74, 6) is -0.365. The molecule has 6 nitrogen and oxygen atoms in total. The monoisotopic (exact) mass is 553 g/mol. The molecule has 1 aliphatic heterocycles. The molecule has 1 N–H and O–H groups in total. The van der Waals surface area contributed by atoms with Gasteiger partial charge in [0.15, 0.2) is 0 Å². The van der Waals surface area contributed by atoms with E-state index in [1.54, 1.807) is 30.1 Å². The van der Waals surface area contributed by atoms with Crippen LogP contribution >= 0.6 is 23.2 Å². The minimum Gasteiger partial charge on any atom is -0.399 e. The van der Waals surface area contributed by atoms with Gasteiger partial charge in [0.1, 0.15) is 7.11 Å². The van der Waals surface area contributed by atoms with Crippen LogP contribution < -0.4 is 0 Å². The second-order valence-corrected chi connectivity index (χ2v) is 10.5. The van der Waals surface area contributed by atoms with Gasteiger partial charge in [-0.1, -0.05) is 83.0 Å². The molecule has 8 heteroatoms. The number of benzene rings is 3. The Labute approximate surface area is 234 Å². The van der Waals surface area contributed by atoms with Crippen LogP contribution in [0, 0.1) is 0 Å². The summed E-state index contributed by atoms with van der Waals surface area (Å²) in [7, 11) is 3.31. The van der Waals surface area contributed by atoms with Crippen LogP contribution in [0.4, 0.5) is 0 Å². The number of rotatable bonds is 9. The maximum Gasteiger partial charge on any atom is 0.253 e. The average molecular weight is 555 g/mol. The van der Waals surface area contributed by atoms with Crippen molar-refractivity contribution in [2.45, 2.75) is 24.4 Å². The Kier molecular flexibility index (Phi) is 9.44. The number of nitrogens with zero attached hydrogens (tertiary/aromatic N) is 3. The lowest BCUT2D eigenvalue weighted by Crippen LogP contribution is -2.46. The van der Waals surface area contributed by atoms with E-state index in [2.05, 4.69) is 10.1 Å². The van der Waals surface area contributed by atoms with E-state index in [0.717, 1.165) is 16.8 Å². The molecule has 0 saturated carbocycles. The molecule has 1 amide bonds. The van der Waals surface area contributed by atoms with Crippen molar-refractivity contribution in [1.29, 1.82) is 0 Å². The van der Waals surface area contributed by atoms with Crippen LogP contribution in [0.25, 0.3) is 0 Å². The van der Waals surface area contributed by atoms with E-state index in [-0.39, 0.29) is 11.8 Å². The van der Waals surface area contributed by atoms with Crippen molar-refractivity contribution in [1.82, 2.24) is 9.80 Å². The molecule has 3 aromatic carbocycles. The van der Waals surface area contributed by atoms with E-state index in [0.29, 0.717) is 54.6 Å². The first-order chi connectivity index (χ1) is 18.3. The standard InChI is InChI=1S/C30H33Cl2N3O3/c1-34(29(36)22-9-5-3-6-10-22)20-25(23-13-14-26(31)27(32)19-23)28(33-38-2)21-35-17-15-30(37,16-18-35)24-11-7-4-8-12-24/h3-14,19,25,37H,15-18,20-21H2,1-2H3. The molecule has 1 saturated heterocycles. The summed E-state index contributed by atoms with van der Waals surface area (Å²) in [6.45, 7) is 2.29. The molecule has 38 heavy (non-hydrogen) atoms. The van der Waals surface area contributed by atoms with Gasteiger partial charge in [-0.3, -0.25) is 9.69 Å². The molecule has 1 atom stereocenters. The predicted molar refractivity (Wildman–Crippen MR) is 153 cm³/mol. The quantitative estimate of drug-likeness (QED) is 0.267. The maximum absolute atomic E-state index is 13.2. The Bertz CT molecular complexity index is 1250. The molecule has 3 aromatic rings. The van der Waals surface area contributed by atoms with Gasteiger partial charge in [-0.2, -0.15) is 0 Å². The van der Waals surface area contributed by atoms with Crippen LogP contribution in [0.15, 0.2) is 84.0 Å². The Morgan fingerprint density at radius 1 is 1.03 bits per heavy atom. The SMILES string of the molecule is CON=C(CN1CCC(O)(c2ccccc2)CC1)C(CN(C)C(=O)c1ccccc1)c1ccc(Cl)c(Cl)c1. The molecule has 4 rings (SSSR count). The third-order valence-electron chi connectivity index (χ3n) is 7.16. The fourth-order valence-electron chi connectivity index (χ4n) is 4.96. The van der Waals surface area contributed by atoms with E-state index < -0.39 is 5.60 Å². The highest BCUT2D eigenvalue weighted by atomic mass is 35.5. The third kappa shape index (κ3) is 6.75. The zero-order valence-electron chi connectivity index (χ0n) is 21.7. The molecule has 0 aliphatic carbocycles. The Morgan fingerprint density at radius 3 is 2.26 bits per heavy atom. The van der Waals surface area contributed by atoms with Crippen molar-refractivity contribution in [2.75, 3.05) is 40.3 Å². The van der Waals surface area contributed by atoms with Gasteiger partial charge < -0.3 is 14.8 Å². The fraction of sp³-hybridized carbons (Fsp3) is 0.333. The summed E-state index contributed by atoms with van der Waals surface area (Å²) < 4.78 is 0. The minimum absolute atomic E-state index is 0.0849. The Morgan fingerprint density at radius 2 is 1.66 bits per heavy atom. The van der Waals surface area contributed by atoms with E-state index in [9.17, 15) is 9.90 Å². The summed E-state index contributed by atoms with van der Waals surface area (Å²) in [4.78, 5) is 22.4. The lowest BCUT2D eigenvalue weighted by Gasteiger charge is -2.39. The Hall–Kier alpha value is -2.90. The van der Waals surface area contributed by atoms with Crippen molar-refractivity contribution in [3.8, 4) is 0 Å². The Balaban J connectivity index is 1.55. The molecular weight excluding hydrogens is 521 g/mol. The number of carbonyl (C=O) groups is 1. The van der Waals surface area contributed by atoms with Crippen molar-refractivity contribution < 1.29 is 14.7 Å². The van der Waals surface area contributed by atoms with Gasteiger partial charge in [0, 0.05) is 44.7 Å². The van der Waals surface area contributed by atoms with Crippen LogP contribution in [-0.2, 0) is 10.4 Å². The lowest BCUT2D eigenvalue weighted by molar-refractivity contribution is -0.0228. The number of amides is 1. The number of hydrogen-bond donors (Lipinski definition) is 1. The van der Waals surface area contributed by atoms with E-state index in [1.165, 1.54) is 7.11 Å². The van der Waals surface area contributed by atoms with Crippen LogP contribution in [0.3, 0.4) is 0 Å². The zero-order chi connectivity index (χ0) is 27.1. The second kappa shape index (κ2) is 12.8. The third-order valence-corrected chi connectivity index (χ3v) is 7.90. The van der Waals surface area contributed by atoms with Gasteiger partial charge in [-0.25, -0.2) is 0 Å². The summed E-state index contributed by atoms with van der Waals surface area (Å²) in [6, 6.07) is 24.5. The van der Waals surface area contributed by atoms with Crippen molar-refractivity contribution in [3.63, 3.8) is 0 Å². The average Bonchev–Trinajstić information content (AvgIpc) is 2.95. The first-order valence-electron chi connectivity index (χ1n) is 12.7. The number of piperidine rings is 1. The van der Waals surface area contributed by atoms with Gasteiger partial charge in [0.2, 0.25) is 0 Å². The van der Waals surface area contributed by atoms with Crippen molar-refractivity contribution in [2.24, 2.45) is 5.16 Å². The molecule has 1 unspecified atom stereocenters. The first kappa shape index (κ1) is 28.1. The largest absolute Gasteiger partial charge is 0.399 e. The van der Waals surface area contributed by atoms with Crippen LogP contribution in [0.5, 0.6) is 0 Å². The van der Waals surface area contributed by atoms with Gasteiger partial charge in [-0.15, -0.1) is 0 Å². The molecule has 1 fully saturated rings. The number of likely N-dealkylation sites (tertiary alicyclic amines) is 1. The topological polar surface area (TPSA) is 65.4 Å². The number of oxime groups is 1. The molecular formula is C30H33Cl2N3O3. The summed E-state index contributed by atoms with van der Waals surface area (Å²) in [5.41, 5.74) is 2.37. The maximum atomic E-state index is 13.2. The number of aliphatic hydroxyl groups is 1. The number of hydrogen-bond acceptors (Lipinski definition) is 5. The summed E-state index contributed by atoms with van der Waals surface area (Å²) in [6.07, 6.45) is 1.22. The molecule has 1 heterocycles. The highest BCUT2D eigenvalue weighted by Crippen LogP contribution is 2.33. The molecule has 200 valence electrons. The van der Waals surface area contributed by atoms with Gasteiger partial charge in [0.05, 0.1) is 21.4 Å². The van der Waals surface area contributed by atoms with E-state index in [4.69, 9.17) is 28.0 Å². The smallest absolute Gasteiger partial charge is 0.253 e. The fourth-order valence-corrected chi connectivity index (χ4v) is 5.26. The van der Waals surface area contributed by atoms with E-state index >= 15 is 0 Å². The summed E-state index contributed by atoms with van der Waals surface area (Å²) in [5, 5.41) is 16.6. The zero-order valence-corrected chi connectivity index (χ0v) is 23.2. The predicted octanol–water partition coefficient (Wildman–Crippen LogP) is 5.84. The van der Waals surface area contributed by atoms with Crippen LogP contribution in [-0.4, -0.2) is 66.9 Å². The number of likely N-dealkylation sites (N-methyl/N-ethyl adjacent to an activating group) is 1. The van der Waals surface area contributed by atoms with Gasteiger partial charge >= 0.3 is 0 Å². The van der Waals surface area contributed by atoms with Crippen LogP contribution in [0.1, 0.15) is 40.2 Å². The molecule has 1 aliphatic rings. The van der Waals surface area contributed by atoms with Crippen LogP contribution in [0.2, 0.25) is 10.0 Å². The molecule has 0 radical (unpaired) electrons. The lowest BCUT2D eigenvalue weighted by atomic mass is 9.84. The van der Waals surface area contributed by atoms with Gasteiger partial charge in [-0.05, 0) is 48.2 Å². The molecule has 0 bridgehead atoms. The molecule has 0 spiro atoms. The second-order valence-electron chi connectivity index (χ2n) is 9.72. The van der Waals surface area contributed by atoms with Crippen molar-refractivity contribution in [3.05, 3.63) is 106 Å². The van der Waals surface area contributed by atoms with Crippen molar-refractivity contribution >= 4 is 34.8 Å². The number of carbonyl (C=O) groups excluding carboxylic acids is 1. The number of halogens is 2. The highest BCUT2D eigenvalue weighted by molar-refractivity contribution is 6.42. The van der Waals surface area contributed by atoms with E-state index in [1.807, 2.05) is 60.7 Å².